The van der Waals surface area contributed by atoms with E-state index in [0.29, 0.717) is 0 Å². The van der Waals surface area contributed by atoms with Gasteiger partial charge in [-0.1, -0.05) is 0 Å². The van der Waals surface area contributed by atoms with Crippen molar-refractivity contribution in [1.29, 1.82) is 0 Å². The van der Waals surface area contributed by atoms with Crippen molar-refractivity contribution in [3.63, 3.8) is 0 Å². The normalized spacial score (nSPS) is 47.4. The Kier molecular flexibility index (Phi) is 3.29. The van der Waals surface area contributed by atoms with E-state index in [9.17, 15) is 20.1 Å². The van der Waals surface area contributed by atoms with Gasteiger partial charge in [-0.05, 0) is 0 Å². The summed E-state index contributed by atoms with van der Waals surface area (Å²) < 4.78 is 11.6. The second-order valence-electron chi connectivity index (χ2n) is 3.51. The maximum atomic E-state index is 10.6. The second kappa shape index (κ2) is 4.52. The van der Waals surface area contributed by atoms with Crippen LogP contribution in [0.5, 0.6) is 0 Å². The summed E-state index contributed by atoms with van der Waals surface area (Å²) >= 11 is 0. The van der Waals surface area contributed by atoms with Crippen molar-refractivity contribution >= 4 is 6.26 Å². The quantitative estimate of drug-likeness (QED) is 0.316. The largest absolute Gasteiger partial charge is 0.394 e. The SMILES string of the molecule is [2H]C(=O)CC1(O)O[C@H](CO)[C@H](O)[C@H](O)[C@H]1N. The molecule has 0 aromatic rings. The Hall–Kier alpha value is -0.570. The first-order valence-corrected chi connectivity index (χ1v) is 4.44. The molecular formula is C8H15NO6. The lowest BCUT2D eigenvalue weighted by Crippen LogP contribution is -2.68. The molecule has 7 nitrogen and oxygen atoms in total. The number of aliphatic hydroxyl groups excluding tert-OH is 3. The number of nitrogens with two attached hydrogens (primary N) is 1. The van der Waals surface area contributed by atoms with Gasteiger partial charge in [-0.15, -0.1) is 0 Å². The number of ether oxygens (including phenoxy) is 1. The molecule has 7 heteroatoms. The van der Waals surface area contributed by atoms with Crippen LogP contribution in [-0.2, 0) is 9.53 Å². The van der Waals surface area contributed by atoms with Gasteiger partial charge in [0.15, 0.2) is 5.79 Å². The highest BCUT2D eigenvalue weighted by Gasteiger charge is 2.51. The zero-order chi connectivity index (χ0) is 12.5. The number of carbonyl (C=O) groups is 1. The molecule has 6 N–H and O–H groups in total. The first-order chi connectivity index (χ1) is 7.31. The molecule has 1 heterocycles. The van der Waals surface area contributed by atoms with E-state index >= 15 is 0 Å². The minimum Gasteiger partial charge on any atom is -0.394 e. The molecule has 1 aliphatic heterocycles. The molecule has 0 bridgehead atoms. The van der Waals surface area contributed by atoms with Crippen LogP contribution in [0.1, 0.15) is 7.79 Å². The molecular weight excluding hydrogens is 206 g/mol. The van der Waals surface area contributed by atoms with Crippen LogP contribution in [0.4, 0.5) is 0 Å². The Morgan fingerprint density at radius 1 is 1.53 bits per heavy atom. The highest BCUT2D eigenvalue weighted by Crippen LogP contribution is 2.28. The summed E-state index contributed by atoms with van der Waals surface area (Å²) in [5.41, 5.74) is 5.41. The van der Waals surface area contributed by atoms with E-state index in [0.717, 1.165) is 0 Å². The molecule has 15 heavy (non-hydrogen) atoms. The molecule has 1 fully saturated rings. The van der Waals surface area contributed by atoms with Crippen LogP contribution < -0.4 is 5.73 Å². The van der Waals surface area contributed by atoms with Crippen LogP contribution in [0.3, 0.4) is 0 Å². The van der Waals surface area contributed by atoms with E-state index in [1.807, 2.05) is 0 Å². The smallest absolute Gasteiger partial charge is 0.190 e. The maximum absolute atomic E-state index is 10.6. The van der Waals surface area contributed by atoms with E-state index in [4.69, 9.17) is 16.9 Å². The molecule has 0 aliphatic carbocycles. The lowest BCUT2D eigenvalue weighted by atomic mass is 9.89. The van der Waals surface area contributed by atoms with Crippen LogP contribution in [-0.4, -0.2) is 63.4 Å². The highest BCUT2D eigenvalue weighted by molar-refractivity contribution is 5.51. The average molecular weight is 222 g/mol. The summed E-state index contributed by atoms with van der Waals surface area (Å²) in [7, 11) is 0. The van der Waals surface area contributed by atoms with Crippen molar-refractivity contribution in [1.82, 2.24) is 0 Å². The minimum atomic E-state index is -2.25. The first kappa shape index (κ1) is 10.9. The van der Waals surface area contributed by atoms with Gasteiger partial charge in [0.25, 0.3) is 0 Å². The van der Waals surface area contributed by atoms with Gasteiger partial charge in [-0.25, -0.2) is 0 Å². The summed E-state index contributed by atoms with van der Waals surface area (Å²) in [5.74, 6) is -2.25. The van der Waals surface area contributed by atoms with Gasteiger partial charge in [0.1, 0.15) is 25.9 Å². The van der Waals surface area contributed by atoms with Crippen LogP contribution in [0, 0.1) is 0 Å². The summed E-state index contributed by atoms with van der Waals surface area (Å²) in [6.07, 6.45) is -6.12. The molecule has 0 amide bonds. The fraction of sp³-hybridized carbons (Fsp3) is 0.875. The second-order valence-corrected chi connectivity index (χ2v) is 3.51. The van der Waals surface area contributed by atoms with E-state index in [1.54, 1.807) is 0 Å². The van der Waals surface area contributed by atoms with E-state index in [1.165, 1.54) is 0 Å². The van der Waals surface area contributed by atoms with E-state index < -0.39 is 49.4 Å². The molecule has 1 saturated heterocycles. The molecule has 1 unspecified atom stereocenters. The number of hydrogen-bond acceptors (Lipinski definition) is 7. The Morgan fingerprint density at radius 2 is 2.13 bits per heavy atom. The summed E-state index contributed by atoms with van der Waals surface area (Å²) in [6.45, 7) is -0.653. The molecule has 0 saturated carbocycles. The molecule has 0 aromatic heterocycles. The van der Waals surface area contributed by atoms with Crippen molar-refractivity contribution in [2.45, 2.75) is 36.6 Å². The maximum Gasteiger partial charge on any atom is 0.190 e. The lowest BCUT2D eigenvalue weighted by Gasteiger charge is -2.45. The topological polar surface area (TPSA) is 133 Å². The van der Waals surface area contributed by atoms with Gasteiger partial charge in [-0.2, -0.15) is 0 Å². The molecule has 0 radical (unpaired) electrons. The molecule has 5 atom stereocenters. The van der Waals surface area contributed by atoms with Crippen LogP contribution >= 0.6 is 0 Å². The minimum absolute atomic E-state index is 0.653. The molecule has 0 spiro atoms. The van der Waals surface area contributed by atoms with Gasteiger partial charge in [0.2, 0.25) is 0 Å². The Balaban J connectivity index is 2.89. The fourth-order valence-electron chi connectivity index (χ4n) is 1.52. The van der Waals surface area contributed by atoms with Crippen molar-refractivity contribution in [2.75, 3.05) is 6.61 Å². The van der Waals surface area contributed by atoms with Crippen LogP contribution in [0.25, 0.3) is 0 Å². The molecule has 1 rings (SSSR count). The Morgan fingerprint density at radius 3 is 2.60 bits per heavy atom. The van der Waals surface area contributed by atoms with Crippen molar-refractivity contribution in [2.24, 2.45) is 5.73 Å². The fourth-order valence-corrected chi connectivity index (χ4v) is 1.52. The Bertz CT molecular complexity index is 275. The zero-order valence-corrected chi connectivity index (χ0v) is 7.91. The van der Waals surface area contributed by atoms with E-state index in [2.05, 4.69) is 0 Å². The predicted molar refractivity (Wildman–Crippen MR) is 47.6 cm³/mol. The van der Waals surface area contributed by atoms with Crippen LogP contribution in [0.15, 0.2) is 0 Å². The van der Waals surface area contributed by atoms with Crippen LogP contribution in [0.2, 0.25) is 0 Å². The third-order valence-electron chi connectivity index (χ3n) is 2.48. The van der Waals surface area contributed by atoms with Crippen molar-refractivity contribution in [3.8, 4) is 0 Å². The van der Waals surface area contributed by atoms with Gasteiger partial charge < -0.3 is 35.7 Å². The average Bonchev–Trinajstić information content (AvgIpc) is 2.20. The summed E-state index contributed by atoms with van der Waals surface area (Å²) in [5, 5.41) is 37.6. The third-order valence-corrected chi connectivity index (χ3v) is 2.48. The van der Waals surface area contributed by atoms with Crippen molar-refractivity contribution < 1.29 is 31.3 Å². The van der Waals surface area contributed by atoms with Gasteiger partial charge in [0.05, 0.1) is 19.1 Å². The van der Waals surface area contributed by atoms with Gasteiger partial charge in [-0.3, -0.25) is 0 Å². The van der Waals surface area contributed by atoms with Gasteiger partial charge in [0, 0.05) is 0 Å². The lowest BCUT2D eigenvalue weighted by molar-refractivity contribution is -0.312. The summed E-state index contributed by atoms with van der Waals surface area (Å²) in [4.78, 5) is 10.6. The number of aliphatic hydroxyl groups is 4. The van der Waals surface area contributed by atoms with Crippen molar-refractivity contribution in [3.05, 3.63) is 0 Å². The molecule has 0 aromatic carbocycles. The molecule has 88 valence electrons. The van der Waals surface area contributed by atoms with E-state index in [-0.39, 0.29) is 0 Å². The number of hydrogen-bond donors (Lipinski definition) is 5. The number of aldehydes is 1. The van der Waals surface area contributed by atoms with Gasteiger partial charge >= 0.3 is 0 Å². The predicted octanol–water partition coefficient (Wildman–Crippen LogP) is -3.30. The first-order valence-electron chi connectivity index (χ1n) is 4.94. The Labute approximate surface area is 87.5 Å². The molecule has 1 aliphatic rings. The number of carbonyl (C=O) groups excluding carboxylic acids is 1. The third kappa shape index (κ3) is 2.17. The zero-order valence-electron chi connectivity index (χ0n) is 8.91. The number of rotatable bonds is 3. The standard InChI is InChI=1S/C8H15NO6/c9-7-6(13)5(12)4(3-11)15-8(7,14)1-2-10/h2,4-7,11-14H,1,3,9H2/t4-,5+,6+,7-,8?/m1/s1/i2D. The summed E-state index contributed by atoms with van der Waals surface area (Å²) in [6, 6.07) is -1.43. The monoisotopic (exact) mass is 222 g/mol. The highest BCUT2D eigenvalue weighted by atomic mass is 16.6.